The fraction of sp³-hybridized carbons (Fsp3) is 0.500. The molecule has 0 heterocycles. The Hall–Kier alpha value is 3.25. The van der Waals surface area contributed by atoms with E-state index in [-0.39, 0.29) is 109 Å². The molecule has 0 aliphatic rings. The van der Waals surface area contributed by atoms with Gasteiger partial charge >= 0.3 is 111 Å². The molecule has 0 unspecified atom stereocenters. The predicted octanol–water partition coefficient (Wildman–Crippen LogP) is -6.55. The van der Waals surface area contributed by atoms with Crippen molar-refractivity contribution >= 4 is 8.25 Å². The molecule has 0 amide bonds. The first kappa shape index (κ1) is 22.8. The smallest absolute Gasteiger partial charge is 0.428 e. The summed E-state index contributed by atoms with van der Waals surface area (Å²) >= 11 is 0. The Morgan fingerprint density at radius 2 is 1.33 bits per heavy atom. The fourth-order valence-electron chi connectivity index (χ4n) is 0. The molecule has 3 N–H and O–H groups in total. The molecule has 0 aromatic rings. The zero-order valence-corrected chi connectivity index (χ0v) is 12.8. The topological polar surface area (TPSA) is 77.8 Å². The van der Waals surface area contributed by atoms with Crippen molar-refractivity contribution in [2.45, 2.75) is 0 Å². The first-order chi connectivity index (χ1) is 3.15. The van der Waals surface area contributed by atoms with Gasteiger partial charge in [0.2, 0.25) is 0 Å². The summed E-state index contributed by atoms with van der Waals surface area (Å²) in [5.41, 5.74) is 0. The molecule has 0 aliphatic carbocycles. The SMILES string of the molecule is O=[P+](O)O.[CH2-]CO.[K+].[K+]. The largest absolute Gasteiger partial charge is 1.00 e. The van der Waals surface area contributed by atoms with Gasteiger partial charge in [-0.15, -0.1) is 9.79 Å². The zero-order valence-electron chi connectivity index (χ0n) is 5.61. The van der Waals surface area contributed by atoms with E-state index in [4.69, 9.17) is 19.5 Å². The van der Waals surface area contributed by atoms with Crippen LogP contribution in [0, 0.1) is 6.92 Å². The van der Waals surface area contributed by atoms with E-state index in [2.05, 4.69) is 6.92 Å². The van der Waals surface area contributed by atoms with Gasteiger partial charge in [0.15, 0.2) is 0 Å². The van der Waals surface area contributed by atoms with Gasteiger partial charge in [0, 0.05) is 4.57 Å². The van der Waals surface area contributed by atoms with Crippen molar-refractivity contribution in [1.29, 1.82) is 0 Å². The predicted molar refractivity (Wildman–Crippen MR) is 24.5 cm³/mol. The maximum atomic E-state index is 8.70. The molecular weight excluding hydrogens is 197 g/mol. The third kappa shape index (κ3) is 91.1. The maximum Gasteiger partial charge on any atom is 1.00 e. The van der Waals surface area contributed by atoms with Gasteiger partial charge in [0.25, 0.3) is 0 Å². The normalized spacial score (nSPS) is 4.89. The molecule has 9 heavy (non-hydrogen) atoms. The van der Waals surface area contributed by atoms with E-state index >= 15 is 0 Å². The number of hydrogen-bond acceptors (Lipinski definition) is 2. The molecule has 0 rings (SSSR count). The van der Waals surface area contributed by atoms with Crippen LogP contribution in [0.5, 0.6) is 0 Å². The van der Waals surface area contributed by atoms with E-state index in [1.807, 2.05) is 0 Å². The molecule has 0 spiro atoms. The summed E-state index contributed by atoms with van der Waals surface area (Å²) in [6.07, 6.45) is 0. The standard InChI is InChI=1S/C2H5O.2K.HO3P/c1-2-3;;;1-4(2)3/h3H,1-2H2;;;(H-,1,2,3)/q-1;2*+1;/p+1. The molecule has 0 bridgehead atoms. The van der Waals surface area contributed by atoms with Crippen LogP contribution in [-0.2, 0) is 4.57 Å². The van der Waals surface area contributed by atoms with Crippen LogP contribution in [0.25, 0.3) is 0 Å². The minimum atomic E-state index is -2.87. The number of aliphatic hydroxyl groups excluding tert-OH is 1. The molecule has 0 fully saturated rings. The third-order valence-corrected chi connectivity index (χ3v) is 0. The Bertz CT molecular complexity index is 47.8. The average Bonchev–Trinajstić information content (AvgIpc) is 1.33. The van der Waals surface area contributed by atoms with Crippen molar-refractivity contribution in [2.75, 3.05) is 6.61 Å². The minimum Gasteiger partial charge on any atom is -0.428 e. The van der Waals surface area contributed by atoms with E-state index in [9.17, 15) is 0 Å². The Balaban J connectivity index is -0.0000000233. The summed E-state index contributed by atoms with van der Waals surface area (Å²) in [4.78, 5) is 14.2. The first-order valence-corrected chi connectivity index (χ1v) is 2.56. The molecule has 0 saturated carbocycles. The second-order valence-electron chi connectivity index (χ2n) is 0.476. The zero-order chi connectivity index (χ0) is 6.28. The van der Waals surface area contributed by atoms with Crippen molar-refractivity contribution < 1.29 is 122 Å². The van der Waals surface area contributed by atoms with E-state index in [0.29, 0.717) is 0 Å². The summed E-state index contributed by atoms with van der Waals surface area (Å²) in [6, 6.07) is 0. The Morgan fingerprint density at radius 3 is 1.33 bits per heavy atom. The molecule has 44 valence electrons. The number of hydrogen-bond donors (Lipinski definition) is 3. The van der Waals surface area contributed by atoms with Crippen molar-refractivity contribution in [3.8, 4) is 0 Å². The average molecular weight is 204 g/mol. The van der Waals surface area contributed by atoms with Crippen molar-refractivity contribution in [2.24, 2.45) is 0 Å². The van der Waals surface area contributed by atoms with Crippen LogP contribution in [-0.4, -0.2) is 21.5 Å². The monoisotopic (exact) mass is 204 g/mol. The van der Waals surface area contributed by atoms with Crippen LogP contribution in [0.15, 0.2) is 0 Å². The van der Waals surface area contributed by atoms with Crippen LogP contribution in [0.4, 0.5) is 0 Å². The first-order valence-electron chi connectivity index (χ1n) is 1.40. The molecule has 0 radical (unpaired) electrons. The Labute approximate surface area is 140 Å². The van der Waals surface area contributed by atoms with E-state index < -0.39 is 8.25 Å². The van der Waals surface area contributed by atoms with E-state index in [1.165, 1.54) is 0 Å². The Morgan fingerprint density at radius 1 is 1.33 bits per heavy atom. The van der Waals surface area contributed by atoms with Crippen molar-refractivity contribution in [3.05, 3.63) is 6.92 Å². The van der Waals surface area contributed by atoms with Crippen molar-refractivity contribution in [1.82, 2.24) is 0 Å². The van der Waals surface area contributed by atoms with Gasteiger partial charge < -0.3 is 12.0 Å². The van der Waals surface area contributed by atoms with Crippen LogP contribution in [0.2, 0.25) is 0 Å². The van der Waals surface area contributed by atoms with Gasteiger partial charge in [0.1, 0.15) is 0 Å². The fourth-order valence-corrected chi connectivity index (χ4v) is 0. The molecule has 0 atom stereocenters. The minimum absolute atomic E-state index is 0. The second-order valence-corrected chi connectivity index (χ2v) is 0.982. The van der Waals surface area contributed by atoms with E-state index in [0.717, 1.165) is 0 Å². The molecule has 4 nitrogen and oxygen atoms in total. The number of rotatable bonds is 0. The molecular formula is C2H7K2O4P+2. The van der Waals surface area contributed by atoms with Crippen LogP contribution >= 0.6 is 8.25 Å². The van der Waals surface area contributed by atoms with Crippen molar-refractivity contribution in [3.63, 3.8) is 0 Å². The van der Waals surface area contributed by atoms with Crippen LogP contribution in [0.3, 0.4) is 0 Å². The van der Waals surface area contributed by atoms with Gasteiger partial charge in [-0.05, 0) is 0 Å². The third-order valence-electron chi connectivity index (χ3n) is 0. The van der Waals surface area contributed by atoms with Crippen LogP contribution < -0.4 is 103 Å². The van der Waals surface area contributed by atoms with Gasteiger partial charge in [0.05, 0.1) is 0 Å². The van der Waals surface area contributed by atoms with Crippen LogP contribution in [0.1, 0.15) is 0 Å². The van der Waals surface area contributed by atoms with Gasteiger partial charge in [-0.1, -0.05) is 6.61 Å². The van der Waals surface area contributed by atoms with Gasteiger partial charge in [-0.25, -0.2) is 0 Å². The molecule has 0 saturated heterocycles. The summed E-state index contributed by atoms with van der Waals surface area (Å²) < 4.78 is 8.70. The Kier molecular flexibility index (Phi) is 56.9. The summed E-state index contributed by atoms with van der Waals surface area (Å²) in [7, 11) is -2.87. The molecule has 0 aliphatic heterocycles. The van der Waals surface area contributed by atoms with E-state index in [1.54, 1.807) is 0 Å². The summed E-state index contributed by atoms with van der Waals surface area (Å²) in [5.74, 6) is 0. The van der Waals surface area contributed by atoms with Gasteiger partial charge in [-0.3, -0.25) is 0 Å². The number of aliphatic hydroxyl groups is 1. The summed E-state index contributed by atoms with van der Waals surface area (Å²) in [5, 5.41) is 7.46. The quantitative estimate of drug-likeness (QED) is 0.208. The maximum absolute atomic E-state index is 8.70. The molecule has 0 aromatic carbocycles. The molecule has 0 aromatic heterocycles. The molecule has 7 heteroatoms. The summed E-state index contributed by atoms with van der Waals surface area (Å²) in [6.45, 7) is 3.04. The second kappa shape index (κ2) is 22.5. The van der Waals surface area contributed by atoms with Gasteiger partial charge in [-0.2, -0.15) is 0 Å².